The summed E-state index contributed by atoms with van der Waals surface area (Å²) in [7, 11) is 0. The largest absolute Gasteiger partial charge is 0.494 e. The number of fused-ring (bicyclic) bond motifs is 1. The standard InChI is InChI=1S/C23H25N3O4/c1-2-29-18-9-7-16(8-10-18)23(28)26-13-11-17(12-14-26)24-22(27)15-20-19-5-3-4-6-21(19)30-25-20/h3-10,17H,2,11-15H2,1H3,(H,24,27). The van der Waals surface area contributed by atoms with Gasteiger partial charge in [-0.3, -0.25) is 9.59 Å². The van der Waals surface area contributed by atoms with Gasteiger partial charge in [0.2, 0.25) is 5.91 Å². The van der Waals surface area contributed by atoms with Crippen molar-refractivity contribution in [3.05, 3.63) is 59.8 Å². The number of aromatic nitrogens is 1. The lowest BCUT2D eigenvalue weighted by Crippen LogP contribution is -2.46. The first kappa shape index (κ1) is 19.9. The highest BCUT2D eigenvalue weighted by atomic mass is 16.5. The third-order valence-electron chi connectivity index (χ3n) is 5.34. The Morgan fingerprint density at radius 1 is 1.13 bits per heavy atom. The van der Waals surface area contributed by atoms with Crippen LogP contribution in [-0.4, -0.2) is 47.6 Å². The van der Waals surface area contributed by atoms with E-state index in [-0.39, 0.29) is 24.3 Å². The third kappa shape index (κ3) is 4.45. The topological polar surface area (TPSA) is 84.7 Å². The minimum absolute atomic E-state index is 0.0110. The summed E-state index contributed by atoms with van der Waals surface area (Å²) < 4.78 is 10.7. The smallest absolute Gasteiger partial charge is 0.253 e. The van der Waals surface area contributed by atoms with E-state index in [1.54, 1.807) is 12.1 Å². The van der Waals surface area contributed by atoms with E-state index in [9.17, 15) is 9.59 Å². The van der Waals surface area contributed by atoms with Gasteiger partial charge < -0.3 is 19.5 Å². The Balaban J connectivity index is 1.28. The predicted octanol–water partition coefficient (Wildman–Crippen LogP) is 3.19. The summed E-state index contributed by atoms with van der Waals surface area (Å²) >= 11 is 0. The second kappa shape index (κ2) is 8.98. The van der Waals surface area contributed by atoms with Gasteiger partial charge in [0.1, 0.15) is 11.4 Å². The first-order chi connectivity index (χ1) is 14.6. The molecule has 1 fully saturated rings. The van der Waals surface area contributed by atoms with E-state index in [1.807, 2.05) is 48.2 Å². The number of hydrogen-bond acceptors (Lipinski definition) is 5. The molecule has 0 bridgehead atoms. The molecule has 0 saturated carbocycles. The van der Waals surface area contributed by atoms with E-state index in [0.717, 1.165) is 24.0 Å². The van der Waals surface area contributed by atoms with E-state index < -0.39 is 0 Å². The molecule has 30 heavy (non-hydrogen) atoms. The van der Waals surface area contributed by atoms with Gasteiger partial charge in [-0.2, -0.15) is 0 Å². The number of likely N-dealkylation sites (tertiary alicyclic amines) is 1. The molecule has 1 aliphatic rings. The highest BCUT2D eigenvalue weighted by Crippen LogP contribution is 2.19. The molecule has 0 atom stereocenters. The zero-order valence-electron chi connectivity index (χ0n) is 17.0. The van der Waals surface area contributed by atoms with Crippen LogP contribution >= 0.6 is 0 Å². The van der Waals surface area contributed by atoms with Gasteiger partial charge in [0.15, 0.2) is 5.58 Å². The van der Waals surface area contributed by atoms with Gasteiger partial charge in [0.25, 0.3) is 5.91 Å². The summed E-state index contributed by atoms with van der Waals surface area (Å²) in [6.07, 6.45) is 1.64. The normalized spacial score (nSPS) is 14.6. The average Bonchev–Trinajstić information content (AvgIpc) is 3.17. The van der Waals surface area contributed by atoms with Crippen LogP contribution in [0.3, 0.4) is 0 Å². The van der Waals surface area contributed by atoms with E-state index in [2.05, 4.69) is 10.5 Å². The zero-order valence-corrected chi connectivity index (χ0v) is 17.0. The molecule has 0 radical (unpaired) electrons. The van der Waals surface area contributed by atoms with Crippen molar-refractivity contribution in [2.24, 2.45) is 0 Å². The average molecular weight is 407 g/mol. The fourth-order valence-electron chi connectivity index (χ4n) is 3.77. The Bertz CT molecular complexity index is 1020. The number of rotatable bonds is 6. The Morgan fingerprint density at radius 3 is 2.60 bits per heavy atom. The van der Waals surface area contributed by atoms with Crippen molar-refractivity contribution in [1.82, 2.24) is 15.4 Å². The van der Waals surface area contributed by atoms with Crippen molar-refractivity contribution >= 4 is 22.8 Å². The predicted molar refractivity (Wildman–Crippen MR) is 112 cm³/mol. The van der Waals surface area contributed by atoms with Crippen LogP contribution in [0.1, 0.15) is 35.8 Å². The molecule has 2 aromatic carbocycles. The quantitative estimate of drug-likeness (QED) is 0.678. The van der Waals surface area contributed by atoms with Gasteiger partial charge >= 0.3 is 0 Å². The number of nitrogens with zero attached hydrogens (tertiary/aromatic N) is 2. The monoisotopic (exact) mass is 407 g/mol. The summed E-state index contributed by atoms with van der Waals surface area (Å²) in [6, 6.07) is 14.8. The summed E-state index contributed by atoms with van der Waals surface area (Å²) in [5.74, 6) is 0.692. The number of hydrogen-bond donors (Lipinski definition) is 1. The molecule has 1 N–H and O–H groups in total. The van der Waals surface area contributed by atoms with Crippen LogP contribution in [0.15, 0.2) is 53.1 Å². The fourth-order valence-corrected chi connectivity index (χ4v) is 3.77. The number of benzene rings is 2. The van der Waals surface area contributed by atoms with Crippen LogP contribution < -0.4 is 10.1 Å². The minimum atomic E-state index is -0.0784. The molecule has 3 aromatic rings. The first-order valence-corrected chi connectivity index (χ1v) is 10.3. The SMILES string of the molecule is CCOc1ccc(C(=O)N2CCC(NC(=O)Cc3noc4ccccc34)CC2)cc1. The molecular formula is C23H25N3O4. The lowest BCUT2D eigenvalue weighted by Gasteiger charge is -2.32. The van der Waals surface area contributed by atoms with Crippen LogP contribution in [0.4, 0.5) is 0 Å². The Labute approximate surface area is 175 Å². The molecule has 2 amide bonds. The van der Waals surface area contributed by atoms with Crippen molar-refractivity contribution in [3.63, 3.8) is 0 Å². The van der Waals surface area contributed by atoms with Crippen molar-refractivity contribution in [2.45, 2.75) is 32.2 Å². The van der Waals surface area contributed by atoms with Gasteiger partial charge in [0.05, 0.1) is 13.0 Å². The molecular weight excluding hydrogens is 382 g/mol. The molecule has 7 nitrogen and oxygen atoms in total. The van der Waals surface area contributed by atoms with E-state index in [4.69, 9.17) is 9.26 Å². The number of nitrogens with one attached hydrogen (secondary N) is 1. The van der Waals surface area contributed by atoms with Crippen LogP contribution in [0.5, 0.6) is 5.75 Å². The van der Waals surface area contributed by atoms with Crippen LogP contribution in [0.2, 0.25) is 0 Å². The van der Waals surface area contributed by atoms with Crippen molar-refractivity contribution in [1.29, 1.82) is 0 Å². The second-order valence-electron chi connectivity index (χ2n) is 7.39. The molecule has 2 heterocycles. The van der Waals surface area contributed by atoms with Gasteiger partial charge in [-0.15, -0.1) is 0 Å². The Kier molecular flexibility index (Phi) is 5.97. The molecule has 7 heteroatoms. The maximum absolute atomic E-state index is 12.7. The second-order valence-corrected chi connectivity index (χ2v) is 7.39. The van der Waals surface area contributed by atoms with E-state index in [1.165, 1.54) is 0 Å². The van der Waals surface area contributed by atoms with Crippen molar-refractivity contribution in [3.8, 4) is 5.75 Å². The Morgan fingerprint density at radius 2 is 1.87 bits per heavy atom. The number of amides is 2. The van der Waals surface area contributed by atoms with Gasteiger partial charge in [-0.1, -0.05) is 17.3 Å². The summed E-state index contributed by atoms with van der Waals surface area (Å²) in [5.41, 5.74) is 1.98. The highest BCUT2D eigenvalue weighted by Gasteiger charge is 2.25. The lowest BCUT2D eigenvalue weighted by molar-refractivity contribution is -0.121. The van der Waals surface area contributed by atoms with Crippen molar-refractivity contribution in [2.75, 3.05) is 19.7 Å². The van der Waals surface area contributed by atoms with E-state index >= 15 is 0 Å². The Hall–Kier alpha value is -3.35. The number of piperidine rings is 1. The van der Waals surface area contributed by atoms with E-state index in [0.29, 0.717) is 36.5 Å². The number of ether oxygens (including phenoxy) is 1. The molecule has 4 rings (SSSR count). The third-order valence-corrected chi connectivity index (χ3v) is 5.34. The van der Waals surface area contributed by atoms with Crippen LogP contribution in [0, 0.1) is 0 Å². The molecule has 1 aliphatic heterocycles. The fraction of sp³-hybridized carbons (Fsp3) is 0.348. The zero-order chi connectivity index (χ0) is 20.9. The summed E-state index contributed by atoms with van der Waals surface area (Å²) in [4.78, 5) is 27.0. The molecule has 1 aromatic heterocycles. The summed E-state index contributed by atoms with van der Waals surface area (Å²) in [5, 5.41) is 7.95. The van der Waals surface area contributed by atoms with Gasteiger partial charge in [-0.05, 0) is 56.2 Å². The van der Waals surface area contributed by atoms with Crippen LogP contribution in [0.25, 0.3) is 11.0 Å². The van der Waals surface area contributed by atoms with Gasteiger partial charge in [-0.25, -0.2) is 0 Å². The maximum Gasteiger partial charge on any atom is 0.253 e. The number of carbonyl (C=O) groups is 2. The summed E-state index contributed by atoms with van der Waals surface area (Å²) in [6.45, 7) is 3.75. The molecule has 1 saturated heterocycles. The molecule has 0 aliphatic carbocycles. The number of carbonyl (C=O) groups excluding carboxylic acids is 2. The first-order valence-electron chi connectivity index (χ1n) is 10.3. The van der Waals surface area contributed by atoms with Crippen LogP contribution in [-0.2, 0) is 11.2 Å². The molecule has 0 unspecified atom stereocenters. The molecule has 0 spiro atoms. The van der Waals surface area contributed by atoms with Crippen molar-refractivity contribution < 1.29 is 18.8 Å². The number of para-hydroxylation sites is 1. The maximum atomic E-state index is 12.7. The highest BCUT2D eigenvalue weighted by molar-refractivity contribution is 5.94. The minimum Gasteiger partial charge on any atom is -0.494 e. The lowest BCUT2D eigenvalue weighted by atomic mass is 10.0. The molecule has 156 valence electrons. The van der Waals surface area contributed by atoms with Gasteiger partial charge in [0, 0.05) is 30.1 Å².